The van der Waals surface area contributed by atoms with Crippen molar-refractivity contribution in [1.29, 1.82) is 0 Å². The van der Waals surface area contributed by atoms with Crippen molar-refractivity contribution in [2.45, 2.75) is 32.4 Å². The number of nitrogens with zero attached hydrogens (tertiary/aromatic N) is 1. The smallest absolute Gasteiger partial charge is 0.272 e. The lowest BCUT2D eigenvalue weighted by Gasteiger charge is -2.16. The Labute approximate surface area is 192 Å². The molecular weight excluding hydrogens is 422 g/mol. The minimum Gasteiger partial charge on any atom is -0.494 e. The first-order valence-electron chi connectivity index (χ1n) is 10.6. The number of ether oxygens (including phenoxy) is 1. The fourth-order valence-electron chi connectivity index (χ4n) is 3.56. The maximum absolute atomic E-state index is 13.5. The number of rotatable bonds is 8. The van der Waals surface area contributed by atoms with Gasteiger partial charge in [0.1, 0.15) is 11.5 Å². The molecule has 0 atom stereocenters. The number of carbonyl (C=O) groups excluding carboxylic acids is 2. The van der Waals surface area contributed by atoms with Crippen LogP contribution < -0.4 is 9.64 Å². The van der Waals surface area contributed by atoms with Crippen molar-refractivity contribution in [3.8, 4) is 5.75 Å². The Hall–Kier alpha value is -3.25. The molecule has 0 radical (unpaired) electrons. The molecule has 0 unspecified atom stereocenters. The fraction of sp³-hybridized carbons (Fsp3) is 0.231. The minimum atomic E-state index is -0.321. The van der Waals surface area contributed by atoms with Gasteiger partial charge in [0.25, 0.3) is 11.8 Å². The van der Waals surface area contributed by atoms with Crippen LogP contribution in [0.5, 0.6) is 5.75 Å². The molecule has 4 rings (SSSR count). The van der Waals surface area contributed by atoms with Gasteiger partial charge in [0.15, 0.2) is 0 Å². The van der Waals surface area contributed by atoms with E-state index < -0.39 is 0 Å². The van der Waals surface area contributed by atoms with Gasteiger partial charge in [-0.3, -0.25) is 9.59 Å². The molecule has 0 bridgehead atoms. The highest BCUT2D eigenvalue weighted by atomic mass is 32.2. The molecule has 164 valence electrons. The summed E-state index contributed by atoms with van der Waals surface area (Å²) in [4.78, 5) is 28.6. The van der Waals surface area contributed by atoms with Crippen molar-refractivity contribution in [2.24, 2.45) is 0 Å². The summed E-state index contributed by atoms with van der Waals surface area (Å²) in [7, 11) is 0. The zero-order valence-corrected chi connectivity index (χ0v) is 19.1. The van der Waals surface area contributed by atoms with Gasteiger partial charge in [-0.1, -0.05) is 38.1 Å². The number of anilines is 1. The number of hydrogen-bond donors (Lipinski definition) is 0. The molecule has 0 spiro atoms. The Kier molecular flexibility index (Phi) is 6.51. The van der Waals surface area contributed by atoms with Crippen LogP contribution in [-0.4, -0.2) is 18.4 Å². The summed E-state index contributed by atoms with van der Waals surface area (Å²) in [5.74, 6) is 1.66. The molecule has 0 fully saturated rings. The molecular formula is C26H25NO4S. The molecule has 6 heteroatoms. The molecule has 1 aromatic heterocycles. The van der Waals surface area contributed by atoms with Crippen molar-refractivity contribution in [1.82, 2.24) is 0 Å². The maximum atomic E-state index is 13.5. The van der Waals surface area contributed by atoms with E-state index in [0.29, 0.717) is 40.0 Å². The summed E-state index contributed by atoms with van der Waals surface area (Å²) in [6, 6.07) is 18.5. The van der Waals surface area contributed by atoms with Crippen LogP contribution in [0.1, 0.15) is 43.6 Å². The third-order valence-electron chi connectivity index (χ3n) is 5.25. The predicted molar refractivity (Wildman–Crippen MR) is 128 cm³/mol. The highest BCUT2D eigenvalue weighted by molar-refractivity contribution is 8.03. The molecule has 0 N–H and O–H groups in total. The summed E-state index contributed by atoms with van der Waals surface area (Å²) in [5, 5.41) is 0. The number of hydrogen-bond acceptors (Lipinski definition) is 5. The first-order chi connectivity index (χ1) is 15.5. The van der Waals surface area contributed by atoms with Gasteiger partial charge < -0.3 is 9.15 Å². The van der Waals surface area contributed by atoms with Crippen LogP contribution in [0, 0.1) is 0 Å². The molecule has 0 saturated heterocycles. The van der Waals surface area contributed by atoms with E-state index in [1.165, 1.54) is 16.7 Å². The monoisotopic (exact) mass is 447 g/mol. The molecule has 1 aliphatic heterocycles. The van der Waals surface area contributed by atoms with Crippen LogP contribution in [0.25, 0.3) is 5.57 Å². The quantitative estimate of drug-likeness (QED) is 0.395. The summed E-state index contributed by atoms with van der Waals surface area (Å²) in [5.41, 5.74) is 2.82. The molecule has 2 heterocycles. The SMILES string of the molecule is CCOc1ccc(C2=C(SCc3ccco3)C(=O)N(c3ccc(C(C)C)cc3)C2=O)cc1. The molecule has 0 aliphatic carbocycles. The van der Waals surface area contributed by atoms with E-state index in [4.69, 9.17) is 9.15 Å². The lowest BCUT2D eigenvalue weighted by Crippen LogP contribution is -2.31. The van der Waals surface area contributed by atoms with Crippen LogP contribution in [0.2, 0.25) is 0 Å². The van der Waals surface area contributed by atoms with E-state index in [0.717, 1.165) is 17.1 Å². The van der Waals surface area contributed by atoms with Gasteiger partial charge in [0.05, 0.1) is 34.8 Å². The van der Waals surface area contributed by atoms with Gasteiger partial charge in [-0.05, 0) is 60.4 Å². The number of benzene rings is 2. The maximum Gasteiger partial charge on any atom is 0.272 e. The Morgan fingerprint density at radius 2 is 1.69 bits per heavy atom. The average Bonchev–Trinajstić information content (AvgIpc) is 3.39. The van der Waals surface area contributed by atoms with E-state index in [1.807, 2.05) is 67.6 Å². The zero-order valence-electron chi connectivity index (χ0n) is 18.3. The predicted octanol–water partition coefficient (Wildman–Crippen LogP) is 6.02. The van der Waals surface area contributed by atoms with Crippen molar-refractivity contribution in [3.05, 3.63) is 88.7 Å². The second-order valence-electron chi connectivity index (χ2n) is 7.72. The molecule has 32 heavy (non-hydrogen) atoms. The van der Waals surface area contributed by atoms with Gasteiger partial charge >= 0.3 is 0 Å². The molecule has 0 saturated carbocycles. The van der Waals surface area contributed by atoms with E-state index in [-0.39, 0.29) is 11.8 Å². The van der Waals surface area contributed by atoms with E-state index in [9.17, 15) is 9.59 Å². The van der Waals surface area contributed by atoms with Crippen LogP contribution in [0.4, 0.5) is 5.69 Å². The minimum absolute atomic E-state index is 0.312. The molecule has 3 aromatic rings. The van der Waals surface area contributed by atoms with Gasteiger partial charge in [0, 0.05) is 0 Å². The number of thioether (sulfide) groups is 1. The summed E-state index contributed by atoms with van der Waals surface area (Å²) in [6.07, 6.45) is 1.60. The second kappa shape index (κ2) is 9.49. The number of amides is 2. The number of furan rings is 1. The number of imide groups is 1. The standard InChI is InChI=1S/C26H25NO4S/c1-4-30-21-13-9-19(10-14-21)23-24(32-16-22-6-5-15-31-22)26(29)27(25(23)28)20-11-7-18(8-12-20)17(2)3/h5-15,17H,4,16H2,1-3H3. The Bertz CT molecular complexity index is 1130. The van der Waals surface area contributed by atoms with Gasteiger partial charge in [0.2, 0.25) is 0 Å². The molecule has 2 aromatic carbocycles. The van der Waals surface area contributed by atoms with Crippen molar-refractivity contribution in [2.75, 3.05) is 11.5 Å². The third kappa shape index (κ3) is 4.36. The van der Waals surface area contributed by atoms with Crippen molar-refractivity contribution >= 4 is 34.8 Å². The van der Waals surface area contributed by atoms with E-state index >= 15 is 0 Å². The van der Waals surface area contributed by atoms with Crippen LogP contribution in [0.15, 0.2) is 76.2 Å². The lowest BCUT2D eigenvalue weighted by atomic mass is 10.0. The van der Waals surface area contributed by atoms with Crippen LogP contribution in [0.3, 0.4) is 0 Å². The molecule has 2 amide bonds. The molecule has 1 aliphatic rings. The number of carbonyl (C=O) groups is 2. The Balaban J connectivity index is 1.70. The van der Waals surface area contributed by atoms with E-state index in [1.54, 1.807) is 6.26 Å². The fourth-order valence-corrected chi connectivity index (χ4v) is 4.58. The second-order valence-corrected chi connectivity index (χ2v) is 8.71. The van der Waals surface area contributed by atoms with Gasteiger partial charge in [-0.25, -0.2) is 4.90 Å². The van der Waals surface area contributed by atoms with Crippen molar-refractivity contribution < 1.29 is 18.7 Å². The third-order valence-corrected chi connectivity index (χ3v) is 6.35. The lowest BCUT2D eigenvalue weighted by molar-refractivity contribution is -0.119. The highest BCUT2D eigenvalue weighted by Crippen LogP contribution is 2.40. The largest absolute Gasteiger partial charge is 0.494 e. The van der Waals surface area contributed by atoms with E-state index in [2.05, 4.69) is 13.8 Å². The summed E-state index contributed by atoms with van der Waals surface area (Å²) >= 11 is 1.32. The first kappa shape index (κ1) is 22.0. The highest BCUT2D eigenvalue weighted by Gasteiger charge is 2.40. The van der Waals surface area contributed by atoms with Gasteiger partial charge in [-0.2, -0.15) is 0 Å². The molecule has 5 nitrogen and oxygen atoms in total. The summed E-state index contributed by atoms with van der Waals surface area (Å²) in [6.45, 7) is 6.69. The average molecular weight is 448 g/mol. The Morgan fingerprint density at radius 3 is 2.28 bits per heavy atom. The van der Waals surface area contributed by atoms with Crippen LogP contribution in [-0.2, 0) is 15.3 Å². The zero-order chi connectivity index (χ0) is 22.7. The van der Waals surface area contributed by atoms with Crippen molar-refractivity contribution in [3.63, 3.8) is 0 Å². The van der Waals surface area contributed by atoms with Crippen LogP contribution >= 0.6 is 11.8 Å². The van der Waals surface area contributed by atoms with Gasteiger partial charge in [-0.15, -0.1) is 11.8 Å². The topological polar surface area (TPSA) is 59.8 Å². The normalized spacial score (nSPS) is 14.1. The Morgan fingerprint density at radius 1 is 0.969 bits per heavy atom. The first-order valence-corrected chi connectivity index (χ1v) is 11.6. The summed E-state index contributed by atoms with van der Waals surface area (Å²) < 4.78 is 10.9.